The Labute approximate surface area is 149 Å². The highest BCUT2D eigenvalue weighted by molar-refractivity contribution is 5.96. The van der Waals surface area contributed by atoms with Gasteiger partial charge in [0.15, 0.2) is 5.69 Å². The molecule has 2 N–H and O–H groups in total. The molecule has 26 heavy (non-hydrogen) atoms. The van der Waals surface area contributed by atoms with Crippen molar-refractivity contribution in [2.45, 2.75) is 6.92 Å². The molecular formula is C17H16N6O3. The van der Waals surface area contributed by atoms with E-state index < -0.39 is 5.97 Å². The molecule has 3 aromatic rings. The molecule has 9 heteroatoms. The van der Waals surface area contributed by atoms with Gasteiger partial charge in [-0.15, -0.1) is 10.2 Å². The zero-order valence-corrected chi connectivity index (χ0v) is 14.2. The van der Waals surface area contributed by atoms with Crippen LogP contribution in [-0.4, -0.2) is 39.0 Å². The summed E-state index contributed by atoms with van der Waals surface area (Å²) < 4.78 is 13.7. The molecule has 0 bridgehead atoms. The van der Waals surface area contributed by atoms with Gasteiger partial charge in [-0.05, 0) is 25.1 Å². The second-order valence-electron chi connectivity index (χ2n) is 5.23. The van der Waals surface area contributed by atoms with Crippen LogP contribution in [0.15, 0.2) is 37.1 Å². The van der Waals surface area contributed by atoms with E-state index in [-0.39, 0.29) is 16.9 Å². The molecule has 0 saturated heterocycles. The first-order valence-corrected chi connectivity index (χ1v) is 7.72. The number of methoxy groups -OCH3 is 1. The number of hydrogen-bond acceptors (Lipinski definition) is 7. The molecule has 0 amide bonds. The highest BCUT2D eigenvalue weighted by Gasteiger charge is 2.23. The van der Waals surface area contributed by atoms with Crippen molar-refractivity contribution in [1.29, 1.82) is 5.26 Å². The van der Waals surface area contributed by atoms with Gasteiger partial charge in [-0.3, -0.25) is 4.57 Å². The van der Waals surface area contributed by atoms with E-state index in [2.05, 4.69) is 10.2 Å². The number of hydrogen-bond donors (Lipinski definition) is 1. The van der Waals surface area contributed by atoms with E-state index in [1.807, 2.05) is 19.1 Å². The average Bonchev–Trinajstić information content (AvgIpc) is 3.29. The lowest BCUT2D eigenvalue weighted by Crippen LogP contribution is -2.12. The number of carbonyl (C=O) groups is 1. The standard InChI is InChI=1S/C17H16N6O3/c1-3-26-14-5-4-12(22-9-20-21-10-22)6-13(14)23-8-11(7-18)15(19)16(23)17(24)25-2/h4-6,8-10H,3,19H2,1-2H3. The highest BCUT2D eigenvalue weighted by Crippen LogP contribution is 2.31. The SMILES string of the molecule is CCOc1ccc(-n2cnnc2)cc1-n1cc(C#N)c(N)c1C(=O)OC. The van der Waals surface area contributed by atoms with Crippen LogP contribution >= 0.6 is 0 Å². The van der Waals surface area contributed by atoms with E-state index >= 15 is 0 Å². The number of nitrogens with two attached hydrogens (primary N) is 1. The molecule has 0 saturated carbocycles. The zero-order valence-electron chi connectivity index (χ0n) is 14.2. The molecule has 0 aliphatic heterocycles. The summed E-state index contributed by atoms with van der Waals surface area (Å²) in [5, 5.41) is 16.9. The number of nitrogen functional groups attached to an aromatic ring is 1. The van der Waals surface area contributed by atoms with E-state index in [0.29, 0.717) is 18.0 Å². The lowest BCUT2D eigenvalue weighted by molar-refractivity contribution is 0.0593. The number of nitrogens with zero attached hydrogens (tertiary/aromatic N) is 5. The second kappa shape index (κ2) is 6.98. The summed E-state index contributed by atoms with van der Waals surface area (Å²) in [6.45, 7) is 2.28. The summed E-state index contributed by atoms with van der Waals surface area (Å²) >= 11 is 0. The summed E-state index contributed by atoms with van der Waals surface area (Å²) in [4.78, 5) is 12.2. The number of esters is 1. The van der Waals surface area contributed by atoms with Gasteiger partial charge in [0.25, 0.3) is 0 Å². The maximum Gasteiger partial charge on any atom is 0.357 e. The molecule has 9 nitrogen and oxygen atoms in total. The van der Waals surface area contributed by atoms with Gasteiger partial charge >= 0.3 is 5.97 Å². The molecule has 0 aliphatic carbocycles. The van der Waals surface area contributed by atoms with Crippen LogP contribution in [0.25, 0.3) is 11.4 Å². The van der Waals surface area contributed by atoms with Crippen molar-refractivity contribution in [2.24, 2.45) is 0 Å². The van der Waals surface area contributed by atoms with Gasteiger partial charge in [-0.2, -0.15) is 5.26 Å². The minimum atomic E-state index is -0.652. The molecule has 2 heterocycles. The smallest absolute Gasteiger partial charge is 0.357 e. The third-order valence-corrected chi connectivity index (χ3v) is 3.76. The third-order valence-electron chi connectivity index (χ3n) is 3.76. The van der Waals surface area contributed by atoms with Gasteiger partial charge in [0.2, 0.25) is 0 Å². The molecule has 0 atom stereocenters. The molecule has 132 valence electrons. The van der Waals surface area contributed by atoms with Crippen molar-refractivity contribution in [3.8, 4) is 23.2 Å². The van der Waals surface area contributed by atoms with Gasteiger partial charge in [-0.1, -0.05) is 0 Å². The first kappa shape index (κ1) is 17.0. The number of ether oxygens (including phenoxy) is 2. The molecule has 0 aliphatic rings. The van der Waals surface area contributed by atoms with Crippen LogP contribution in [0.3, 0.4) is 0 Å². The van der Waals surface area contributed by atoms with Crippen LogP contribution in [0.1, 0.15) is 23.0 Å². The predicted molar refractivity (Wildman–Crippen MR) is 92.3 cm³/mol. The van der Waals surface area contributed by atoms with E-state index in [9.17, 15) is 10.1 Å². The summed E-state index contributed by atoms with van der Waals surface area (Å²) in [6, 6.07) is 7.35. The van der Waals surface area contributed by atoms with Gasteiger partial charge in [-0.25, -0.2) is 4.79 Å². The molecule has 2 aromatic heterocycles. The number of nitriles is 1. The van der Waals surface area contributed by atoms with Gasteiger partial charge in [0, 0.05) is 6.20 Å². The fraction of sp³-hybridized carbons (Fsp3) is 0.176. The Morgan fingerprint density at radius 3 is 2.69 bits per heavy atom. The molecule has 1 aromatic carbocycles. The van der Waals surface area contributed by atoms with E-state index in [4.69, 9.17) is 15.2 Å². The minimum Gasteiger partial charge on any atom is -0.492 e. The summed E-state index contributed by atoms with van der Waals surface area (Å²) in [5.74, 6) is -0.130. The van der Waals surface area contributed by atoms with Crippen molar-refractivity contribution in [1.82, 2.24) is 19.3 Å². The average molecular weight is 352 g/mol. The normalized spacial score (nSPS) is 10.3. The Morgan fingerprint density at radius 2 is 2.08 bits per heavy atom. The Balaban J connectivity index is 2.26. The Kier molecular flexibility index (Phi) is 4.57. The van der Waals surface area contributed by atoms with E-state index in [1.54, 1.807) is 29.4 Å². The topological polar surface area (TPSA) is 121 Å². The Morgan fingerprint density at radius 1 is 1.35 bits per heavy atom. The van der Waals surface area contributed by atoms with Crippen molar-refractivity contribution in [3.05, 3.63) is 48.3 Å². The molecule has 0 spiro atoms. The van der Waals surface area contributed by atoms with E-state index in [0.717, 1.165) is 5.69 Å². The fourth-order valence-electron chi connectivity index (χ4n) is 2.57. The number of benzene rings is 1. The van der Waals surface area contributed by atoms with Crippen LogP contribution in [0.2, 0.25) is 0 Å². The van der Waals surface area contributed by atoms with Gasteiger partial charge in [0.1, 0.15) is 24.5 Å². The molecule has 0 unspecified atom stereocenters. The first-order chi connectivity index (χ1) is 12.6. The second-order valence-corrected chi connectivity index (χ2v) is 5.23. The summed E-state index contributed by atoms with van der Waals surface area (Å²) in [6.07, 6.45) is 4.58. The Bertz CT molecular complexity index is 985. The van der Waals surface area contributed by atoms with Crippen molar-refractivity contribution >= 4 is 11.7 Å². The number of rotatable bonds is 5. The largest absolute Gasteiger partial charge is 0.492 e. The van der Waals surface area contributed by atoms with Crippen LogP contribution < -0.4 is 10.5 Å². The number of aromatic nitrogens is 4. The lowest BCUT2D eigenvalue weighted by Gasteiger charge is -2.15. The lowest BCUT2D eigenvalue weighted by atomic mass is 10.2. The summed E-state index contributed by atoms with van der Waals surface area (Å²) in [7, 11) is 1.25. The minimum absolute atomic E-state index is 0.0523. The first-order valence-electron chi connectivity index (χ1n) is 7.72. The maximum absolute atomic E-state index is 12.2. The van der Waals surface area contributed by atoms with Crippen molar-refractivity contribution in [3.63, 3.8) is 0 Å². The van der Waals surface area contributed by atoms with Crippen LogP contribution in [0, 0.1) is 11.3 Å². The third kappa shape index (κ3) is 2.84. The number of anilines is 1. The van der Waals surface area contributed by atoms with Crippen LogP contribution in [0.4, 0.5) is 5.69 Å². The molecule has 0 fully saturated rings. The van der Waals surface area contributed by atoms with Crippen LogP contribution in [-0.2, 0) is 4.74 Å². The number of carbonyl (C=O) groups excluding carboxylic acids is 1. The summed E-state index contributed by atoms with van der Waals surface area (Å²) in [5.41, 5.74) is 7.54. The van der Waals surface area contributed by atoms with Crippen molar-refractivity contribution in [2.75, 3.05) is 19.5 Å². The fourth-order valence-corrected chi connectivity index (χ4v) is 2.57. The molecular weight excluding hydrogens is 336 g/mol. The van der Waals surface area contributed by atoms with Crippen molar-refractivity contribution < 1.29 is 14.3 Å². The molecule has 3 rings (SSSR count). The Hall–Kier alpha value is -3.80. The van der Waals surface area contributed by atoms with Gasteiger partial charge in [0.05, 0.1) is 36.3 Å². The quantitative estimate of drug-likeness (QED) is 0.694. The maximum atomic E-state index is 12.2. The van der Waals surface area contributed by atoms with Crippen LogP contribution in [0.5, 0.6) is 5.75 Å². The molecule has 0 radical (unpaired) electrons. The highest BCUT2D eigenvalue weighted by atomic mass is 16.5. The predicted octanol–water partition coefficient (Wildman–Crippen LogP) is 1.70. The van der Waals surface area contributed by atoms with Gasteiger partial charge < -0.3 is 19.8 Å². The monoisotopic (exact) mass is 352 g/mol. The van der Waals surface area contributed by atoms with E-state index in [1.165, 1.54) is 17.9 Å². The zero-order chi connectivity index (χ0) is 18.7.